The van der Waals surface area contributed by atoms with Crippen molar-refractivity contribution >= 4 is 15.7 Å². The van der Waals surface area contributed by atoms with Crippen LogP contribution >= 0.6 is 0 Å². The van der Waals surface area contributed by atoms with Gasteiger partial charge in [-0.15, -0.1) is 0 Å². The smallest absolute Gasteiger partial charge is 0.238 e. The maximum Gasteiger partial charge on any atom is 0.238 e. The molecule has 0 spiro atoms. The molecule has 8 heteroatoms. The summed E-state index contributed by atoms with van der Waals surface area (Å²) in [7, 11) is -3.51. The summed E-state index contributed by atoms with van der Waals surface area (Å²) in [4.78, 5) is 14.9. The molecule has 1 aromatic rings. The number of hydrogen-bond acceptors (Lipinski definition) is 6. The average Bonchev–Trinajstić information content (AvgIpc) is 2.73. The number of amides is 1. The average molecular weight is 411 g/mol. The Morgan fingerprint density at radius 3 is 2.39 bits per heavy atom. The second-order valence-electron chi connectivity index (χ2n) is 7.42. The van der Waals surface area contributed by atoms with Gasteiger partial charge in [-0.1, -0.05) is 24.3 Å². The zero-order valence-corrected chi connectivity index (χ0v) is 17.2. The van der Waals surface area contributed by atoms with Gasteiger partial charge in [-0.2, -0.15) is 0 Å². The maximum absolute atomic E-state index is 12.7. The third-order valence-corrected chi connectivity index (χ3v) is 8.16. The molecule has 0 unspecified atom stereocenters. The molecular weight excluding hydrogens is 380 g/mol. The van der Waals surface area contributed by atoms with Crippen molar-refractivity contribution in [3.63, 3.8) is 0 Å². The second-order valence-corrected chi connectivity index (χ2v) is 9.97. The fraction of sp³-hybridized carbons (Fsp3) is 0.650. The Bertz CT molecular complexity index is 756. The van der Waals surface area contributed by atoms with Crippen molar-refractivity contribution in [2.75, 3.05) is 39.5 Å². The van der Waals surface area contributed by atoms with Gasteiger partial charge in [0.1, 0.15) is 5.25 Å². The molecule has 2 aliphatic heterocycles. The van der Waals surface area contributed by atoms with Crippen LogP contribution in [0.3, 0.4) is 0 Å². The predicted octanol–water partition coefficient (Wildman–Crippen LogP) is 1.12. The van der Waals surface area contributed by atoms with E-state index in [1.807, 2.05) is 18.2 Å². The minimum absolute atomic E-state index is 0.326. The van der Waals surface area contributed by atoms with E-state index in [9.17, 15) is 13.2 Å². The molecule has 2 aliphatic rings. The van der Waals surface area contributed by atoms with Gasteiger partial charge >= 0.3 is 0 Å². The highest BCUT2D eigenvalue weighted by atomic mass is 32.2. The van der Waals surface area contributed by atoms with Crippen molar-refractivity contribution in [2.24, 2.45) is 0 Å². The first-order valence-corrected chi connectivity index (χ1v) is 11.5. The van der Waals surface area contributed by atoms with Crippen molar-refractivity contribution in [1.82, 2.24) is 10.2 Å². The van der Waals surface area contributed by atoms with Gasteiger partial charge in [0, 0.05) is 39.4 Å². The fourth-order valence-electron chi connectivity index (χ4n) is 3.65. The summed E-state index contributed by atoms with van der Waals surface area (Å²) in [5.41, 5.74) is 2.16. The quantitative estimate of drug-likeness (QED) is 0.725. The van der Waals surface area contributed by atoms with Gasteiger partial charge in [0.2, 0.25) is 5.91 Å². The highest BCUT2D eigenvalue weighted by Gasteiger charge is 2.36. The highest BCUT2D eigenvalue weighted by Crippen LogP contribution is 2.20. The molecule has 0 aromatic heterocycles. The molecular formula is C20H30N2O5S. The van der Waals surface area contributed by atoms with E-state index >= 15 is 0 Å². The van der Waals surface area contributed by atoms with Gasteiger partial charge in [0.25, 0.3) is 0 Å². The Labute approximate surface area is 167 Å². The lowest BCUT2D eigenvalue weighted by molar-refractivity contribution is -0.120. The summed E-state index contributed by atoms with van der Waals surface area (Å²) in [5, 5.41) is 1.29. The molecule has 28 heavy (non-hydrogen) atoms. The van der Waals surface area contributed by atoms with Crippen LogP contribution in [0.2, 0.25) is 0 Å². The zero-order chi connectivity index (χ0) is 20.0. The van der Waals surface area contributed by atoms with Crippen molar-refractivity contribution in [2.45, 2.75) is 43.4 Å². The van der Waals surface area contributed by atoms with Crippen LogP contribution in [0.4, 0.5) is 0 Å². The number of carbonyl (C=O) groups is 1. The zero-order valence-electron chi connectivity index (χ0n) is 16.4. The lowest BCUT2D eigenvalue weighted by Gasteiger charge is -2.27. The lowest BCUT2D eigenvalue weighted by atomic mass is 10.1. The summed E-state index contributed by atoms with van der Waals surface area (Å²) in [5.74, 6) is -0.437. The lowest BCUT2D eigenvalue weighted by Crippen LogP contribution is -2.43. The van der Waals surface area contributed by atoms with E-state index in [0.717, 1.165) is 44.0 Å². The summed E-state index contributed by atoms with van der Waals surface area (Å²) in [6.45, 7) is 6.74. The maximum atomic E-state index is 12.7. The van der Waals surface area contributed by atoms with Crippen LogP contribution in [0.1, 0.15) is 30.9 Å². The predicted molar refractivity (Wildman–Crippen MR) is 107 cm³/mol. The molecule has 1 atom stereocenters. The summed E-state index contributed by atoms with van der Waals surface area (Å²) < 4.78 is 36.1. The number of carbonyl (C=O) groups excluding carboxylic acids is 1. The summed E-state index contributed by atoms with van der Waals surface area (Å²) in [6.07, 6.45) is 0.921. The molecule has 7 nitrogen and oxygen atoms in total. The third kappa shape index (κ3) is 5.31. The van der Waals surface area contributed by atoms with Gasteiger partial charge in [0.15, 0.2) is 9.84 Å². The molecule has 1 N–H and O–H groups in total. The van der Waals surface area contributed by atoms with Gasteiger partial charge < -0.3 is 14.8 Å². The molecule has 2 fully saturated rings. The van der Waals surface area contributed by atoms with Crippen molar-refractivity contribution in [3.8, 4) is 0 Å². The van der Waals surface area contributed by atoms with Crippen molar-refractivity contribution < 1.29 is 22.7 Å². The minimum atomic E-state index is -3.51. The van der Waals surface area contributed by atoms with Crippen molar-refractivity contribution in [3.05, 3.63) is 35.4 Å². The molecule has 0 radical (unpaired) electrons. The largest absolute Gasteiger partial charge is 0.381 e. The van der Waals surface area contributed by atoms with Crippen molar-refractivity contribution in [1.29, 1.82) is 0 Å². The monoisotopic (exact) mass is 410 g/mol. The first-order chi connectivity index (χ1) is 13.5. The SMILES string of the molecule is C[C@@H](C(=O)NCc1ccccc1CN1CCOCC1)S(=O)(=O)C1CCOCC1. The van der Waals surface area contributed by atoms with E-state index in [-0.39, 0.29) is 0 Å². The van der Waals surface area contributed by atoms with Crippen LogP contribution in [0.15, 0.2) is 24.3 Å². The molecule has 0 aliphatic carbocycles. The number of benzene rings is 1. The standard InChI is InChI=1S/C20H30N2O5S/c1-16(28(24,25)19-6-10-26-11-7-19)20(23)21-14-17-4-2-3-5-18(17)15-22-8-12-27-13-9-22/h2-5,16,19H,6-15H2,1H3,(H,21,23)/t16-/m0/s1. The normalized spacial score (nSPS) is 20.6. The van der Waals surface area contributed by atoms with Gasteiger partial charge in [-0.25, -0.2) is 8.42 Å². The van der Waals surface area contributed by atoms with E-state index in [0.29, 0.717) is 32.6 Å². The van der Waals surface area contributed by atoms with Gasteiger partial charge in [-0.3, -0.25) is 9.69 Å². The summed E-state index contributed by atoms with van der Waals surface area (Å²) in [6, 6.07) is 7.96. The Balaban J connectivity index is 1.59. The number of nitrogens with zero attached hydrogens (tertiary/aromatic N) is 1. The molecule has 0 bridgehead atoms. The number of sulfone groups is 1. The first-order valence-electron chi connectivity index (χ1n) is 9.93. The van der Waals surface area contributed by atoms with Crippen LogP contribution in [0.25, 0.3) is 0 Å². The Hall–Kier alpha value is -1.48. The van der Waals surface area contributed by atoms with Crippen LogP contribution < -0.4 is 5.32 Å². The summed E-state index contributed by atoms with van der Waals surface area (Å²) >= 11 is 0. The number of hydrogen-bond donors (Lipinski definition) is 1. The Kier molecular flexibility index (Phi) is 7.45. The van der Waals surface area contributed by atoms with E-state index in [4.69, 9.17) is 9.47 Å². The molecule has 1 amide bonds. The molecule has 1 aromatic carbocycles. The van der Waals surface area contributed by atoms with Crippen LogP contribution in [-0.4, -0.2) is 69.2 Å². The van der Waals surface area contributed by atoms with E-state index in [2.05, 4.69) is 16.3 Å². The van der Waals surface area contributed by atoms with E-state index in [1.165, 1.54) is 6.92 Å². The van der Waals surface area contributed by atoms with E-state index < -0.39 is 26.2 Å². The number of ether oxygens (including phenoxy) is 2. The number of morpholine rings is 1. The molecule has 0 saturated carbocycles. The molecule has 156 valence electrons. The van der Waals surface area contributed by atoms with Crippen LogP contribution in [0, 0.1) is 0 Å². The fourth-order valence-corrected chi connectivity index (χ4v) is 5.46. The second kappa shape index (κ2) is 9.82. The number of nitrogens with one attached hydrogen (secondary N) is 1. The first kappa shape index (κ1) is 21.2. The Morgan fingerprint density at radius 2 is 1.71 bits per heavy atom. The van der Waals surface area contributed by atoms with Gasteiger partial charge in [0.05, 0.1) is 18.5 Å². The third-order valence-electron chi connectivity index (χ3n) is 5.56. The van der Waals surface area contributed by atoms with Crippen LogP contribution in [-0.2, 0) is 37.2 Å². The highest BCUT2D eigenvalue weighted by molar-refractivity contribution is 7.93. The molecule has 3 rings (SSSR count). The number of rotatable bonds is 7. The topological polar surface area (TPSA) is 84.9 Å². The van der Waals surface area contributed by atoms with Gasteiger partial charge in [-0.05, 0) is 30.9 Å². The Morgan fingerprint density at radius 1 is 1.11 bits per heavy atom. The minimum Gasteiger partial charge on any atom is -0.381 e. The molecule has 2 saturated heterocycles. The van der Waals surface area contributed by atoms with Crippen LogP contribution in [0.5, 0.6) is 0 Å². The molecule has 2 heterocycles. The van der Waals surface area contributed by atoms with E-state index in [1.54, 1.807) is 0 Å².